The molecule has 2 N–H and O–H groups in total. The van der Waals surface area contributed by atoms with E-state index in [1.807, 2.05) is 6.07 Å². The smallest absolute Gasteiger partial charge is 0.123 e. The van der Waals surface area contributed by atoms with Crippen LogP contribution in [-0.4, -0.2) is 29.0 Å². The molecule has 0 amide bonds. The van der Waals surface area contributed by atoms with Crippen LogP contribution in [0.25, 0.3) is 10.4 Å². The van der Waals surface area contributed by atoms with Gasteiger partial charge in [0.15, 0.2) is 0 Å². The normalized spacial score (nSPS) is 22.0. The molecule has 4 rings (SSSR count). The maximum atomic E-state index is 13.2. The van der Waals surface area contributed by atoms with Crippen molar-refractivity contribution in [2.75, 3.05) is 6.61 Å². The van der Waals surface area contributed by atoms with Gasteiger partial charge in [0.05, 0.1) is 24.9 Å². The Morgan fingerprint density at radius 1 is 1.07 bits per heavy atom. The molecule has 0 saturated carbocycles. The van der Waals surface area contributed by atoms with Crippen LogP contribution in [0.3, 0.4) is 0 Å². The van der Waals surface area contributed by atoms with E-state index in [0.29, 0.717) is 12.8 Å². The van der Waals surface area contributed by atoms with E-state index < -0.39 is 6.10 Å². The highest BCUT2D eigenvalue weighted by Gasteiger charge is 2.29. The van der Waals surface area contributed by atoms with Crippen molar-refractivity contribution >= 4 is 11.3 Å². The van der Waals surface area contributed by atoms with Crippen LogP contribution in [-0.2, 0) is 11.2 Å². The van der Waals surface area contributed by atoms with E-state index in [1.54, 1.807) is 23.5 Å². The molecule has 3 atom stereocenters. The summed E-state index contributed by atoms with van der Waals surface area (Å²) in [4.78, 5) is 2.36. The topological polar surface area (TPSA) is 49.7 Å². The molecule has 1 fully saturated rings. The largest absolute Gasteiger partial charge is 0.394 e. The molecule has 2 aromatic carbocycles. The van der Waals surface area contributed by atoms with Gasteiger partial charge in [-0.1, -0.05) is 30.3 Å². The van der Waals surface area contributed by atoms with E-state index in [4.69, 9.17) is 4.74 Å². The van der Waals surface area contributed by atoms with Crippen molar-refractivity contribution in [1.82, 2.24) is 0 Å². The van der Waals surface area contributed by atoms with Crippen molar-refractivity contribution in [2.24, 2.45) is 0 Å². The van der Waals surface area contributed by atoms with Crippen molar-refractivity contribution in [3.63, 3.8) is 0 Å². The van der Waals surface area contributed by atoms with Crippen molar-refractivity contribution in [2.45, 2.75) is 44.5 Å². The highest BCUT2D eigenvalue weighted by atomic mass is 32.1. The number of hydrogen-bond acceptors (Lipinski definition) is 4. The molecule has 3 aromatic rings. The average Bonchev–Trinajstić information content (AvgIpc) is 3.18. The van der Waals surface area contributed by atoms with Crippen LogP contribution in [0.5, 0.6) is 0 Å². The second-order valence-electron chi connectivity index (χ2n) is 7.69. The minimum Gasteiger partial charge on any atom is -0.394 e. The third kappa shape index (κ3) is 4.75. The molecule has 5 heteroatoms. The Labute approximate surface area is 174 Å². The molecular weight excluding hydrogens is 387 g/mol. The first-order chi connectivity index (χ1) is 14.0. The van der Waals surface area contributed by atoms with Gasteiger partial charge in [-0.3, -0.25) is 0 Å². The summed E-state index contributed by atoms with van der Waals surface area (Å²) in [6.07, 6.45) is 0.868. The van der Waals surface area contributed by atoms with Crippen molar-refractivity contribution < 1.29 is 19.3 Å². The lowest BCUT2D eigenvalue weighted by Gasteiger charge is -2.32. The number of ether oxygens (including phenoxy) is 1. The van der Waals surface area contributed by atoms with Gasteiger partial charge in [0.1, 0.15) is 5.82 Å². The van der Waals surface area contributed by atoms with E-state index in [9.17, 15) is 14.6 Å². The Kier molecular flexibility index (Phi) is 6.11. The van der Waals surface area contributed by atoms with Crippen molar-refractivity contribution in [3.05, 3.63) is 82.0 Å². The monoisotopic (exact) mass is 412 g/mol. The van der Waals surface area contributed by atoms with Gasteiger partial charge in [-0.15, -0.1) is 11.3 Å². The second kappa shape index (κ2) is 8.76. The number of aliphatic hydroxyl groups is 2. The van der Waals surface area contributed by atoms with Crippen LogP contribution in [0.2, 0.25) is 0 Å². The lowest BCUT2D eigenvalue weighted by Crippen LogP contribution is -2.33. The van der Waals surface area contributed by atoms with E-state index in [1.165, 1.54) is 28.1 Å². The van der Waals surface area contributed by atoms with E-state index >= 15 is 0 Å². The molecule has 0 aliphatic carbocycles. The molecule has 29 heavy (non-hydrogen) atoms. The molecule has 2 heterocycles. The number of aryl methyl sites for hydroxylation is 1. The SMILES string of the molecule is Cc1ccc(C2CC(O)CC(CO)O2)cc1Cc1ccc(-c2ccc(F)cc2)s1. The lowest BCUT2D eigenvalue weighted by molar-refractivity contribution is -0.113. The van der Waals surface area contributed by atoms with Gasteiger partial charge >= 0.3 is 0 Å². The summed E-state index contributed by atoms with van der Waals surface area (Å²) < 4.78 is 19.1. The summed E-state index contributed by atoms with van der Waals surface area (Å²) >= 11 is 1.71. The van der Waals surface area contributed by atoms with Crippen molar-refractivity contribution in [1.29, 1.82) is 0 Å². The average molecular weight is 413 g/mol. The van der Waals surface area contributed by atoms with Crippen LogP contribution in [0.15, 0.2) is 54.6 Å². The Balaban J connectivity index is 1.53. The Morgan fingerprint density at radius 3 is 2.62 bits per heavy atom. The maximum absolute atomic E-state index is 13.2. The van der Waals surface area contributed by atoms with Gasteiger partial charge in [-0.25, -0.2) is 4.39 Å². The summed E-state index contributed by atoms with van der Waals surface area (Å²) in [5, 5.41) is 19.5. The fraction of sp³-hybridized carbons (Fsp3) is 0.333. The quantitative estimate of drug-likeness (QED) is 0.618. The van der Waals surface area contributed by atoms with Gasteiger partial charge in [-0.2, -0.15) is 0 Å². The molecule has 0 radical (unpaired) electrons. The minimum absolute atomic E-state index is 0.0758. The molecule has 1 saturated heterocycles. The number of hydrogen-bond donors (Lipinski definition) is 2. The minimum atomic E-state index is -0.453. The molecule has 3 nitrogen and oxygen atoms in total. The van der Waals surface area contributed by atoms with Gasteiger partial charge in [0, 0.05) is 29.0 Å². The van der Waals surface area contributed by atoms with Crippen molar-refractivity contribution in [3.8, 4) is 10.4 Å². The third-order valence-corrected chi connectivity index (χ3v) is 6.62. The molecule has 1 aromatic heterocycles. The zero-order valence-corrected chi connectivity index (χ0v) is 17.2. The van der Waals surface area contributed by atoms with Crippen LogP contribution in [0.1, 0.15) is 40.5 Å². The summed E-state index contributed by atoms with van der Waals surface area (Å²) in [7, 11) is 0. The Morgan fingerprint density at radius 2 is 1.86 bits per heavy atom. The van der Waals surface area contributed by atoms with Crippen LogP contribution in [0.4, 0.5) is 4.39 Å². The summed E-state index contributed by atoms with van der Waals surface area (Å²) in [5.74, 6) is -0.226. The summed E-state index contributed by atoms with van der Waals surface area (Å²) in [5.41, 5.74) is 4.49. The lowest BCUT2D eigenvalue weighted by atomic mass is 9.93. The van der Waals surface area contributed by atoms with Crippen LogP contribution >= 0.6 is 11.3 Å². The summed E-state index contributed by atoms with van der Waals surface area (Å²) in [6, 6.07) is 17.1. The first kappa shape index (κ1) is 20.2. The van der Waals surface area contributed by atoms with Gasteiger partial charge < -0.3 is 14.9 Å². The zero-order chi connectivity index (χ0) is 20.4. The zero-order valence-electron chi connectivity index (χ0n) is 16.3. The van der Waals surface area contributed by atoms with Gasteiger partial charge in [-0.05, 0) is 53.4 Å². The predicted octanol–water partition coefficient (Wildman–Crippen LogP) is 5.03. The second-order valence-corrected chi connectivity index (χ2v) is 8.86. The molecule has 3 unspecified atom stereocenters. The molecular formula is C24H25FO3S. The molecule has 152 valence electrons. The van der Waals surface area contributed by atoms with E-state index in [-0.39, 0.29) is 24.6 Å². The van der Waals surface area contributed by atoms with E-state index in [0.717, 1.165) is 22.4 Å². The highest BCUT2D eigenvalue weighted by Crippen LogP contribution is 2.34. The first-order valence-electron chi connectivity index (χ1n) is 9.90. The van der Waals surface area contributed by atoms with E-state index in [2.05, 4.69) is 31.2 Å². The number of halogens is 1. The molecule has 1 aliphatic rings. The molecule has 1 aliphatic heterocycles. The Bertz CT molecular complexity index is 967. The fourth-order valence-electron chi connectivity index (χ4n) is 3.83. The predicted molar refractivity (Wildman–Crippen MR) is 114 cm³/mol. The molecule has 0 bridgehead atoms. The number of rotatable bonds is 5. The highest BCUT2D eigenvalue weighted by molar-refractivity contribution is 7.15. The Hall–Kier alpha value is -2.05. The third-order valence-electron chi connectivity index (χ3n) is 5.48. The van der Waals surface area contributed by atoms with Crippen LogP contribution < -0.4 is 0 Å². The van der Waals surface area contributed by atoms with Gasteiger partial charge in [0.25, 0.3) is 0 Å². The summed E-state index contributed by atoms with van der Waals surface area (Å²) in [6.45, 7) is 2.02. The van der Waals surface area contributed by atoms with Crippen LogP contribution in [0, 0.1) is 12.7 Å². The number of benzene rings is 2. The first-order valence-corrected chi connectivity index (χ1v) is 10.7. The number of aliphatic hydroxyl groups excluding tert-OH is 2. The molecule has 0 spiro atoms. The fourth-order valence-corrected chi connectivity index (χ4v) is 4.87. The van der Waals surface area contributed by atoms with Gasteiger partial charge in [0.2, 0.25) is 0 Å². The number of thiophene rings is 1. The maximum Gasteiger partial charge on any atom is 0.123 e. The standard InChI is InChI=1S/C24H25FO3S/c1-15-2-3-17(23-13-20(27)12-21(14-26)28-23)10-18(15)11-22-8-9-24(29-22)16-4-6-19(25)7-5-16/h2-10,20-21,23,26-27H,11-14H2,1H3.